The van der Waals surface area contributed by atoms with Crippen molar-refractivity contribution in [2.75, 3.05) is 0 Å². The van der Waals surface area contributed by atoms with Crippen LogP contribution in [0.15, 0.2) is 12.1 Å². The van der Waals surface area contributed by atoms with Crippen LogP contribution in [-0.4, -0.2) is 4.98 Å². The van der Waals surface area contributed by atoms with Crippen molar-refractivity contribution in [3.05, 3.63) is 28.5 Å². The van der Waals surface area contributed by atoms with Crippen LogP contribution >= 0.6 is 24.2 Å². The average Bonchev–Trinajstić information content (AvgIpc) is 2.04. The van der Waals surface area contributed by atoms with Gasteiger partial charge in [-0.15, -0.1) is 0 Å². The van der Waals surface area contributed by atoms with Crippen molar-refractivity contribution < 1.29 is 0 Å². The molecule has 4 heteroatoms. The number of nitriles is 1. The topological polar surface area (TPSA) is 36.7 Å². The number of pyridine rings is 1. The summed E-state index contributed by atoms with van der Waals surface area (Å²) >= 11 is 9.66. The molecule has 1 aromatic heterocycles. The third kappa shape index (κ3) is 1.86. The molecule has 1 rings (SSSR count). The van der Waals surface area contributed by atoms with Gasteiger partial charge in [-0.2, -0.15) is 17.9 Å². The highest BCUT2D eigenvalue weighted by Gasteiger charge is 2.00. The molecule has 0 spiro atoms. The fraction of sp³-hybridized carbons (Fsp3) is 0.143. The standard InChI is InChI=1S/C7H5ClN2S/c8-7-5(3-9)1-2-6(4-11)10-7/h1-2,11H,4H2. The van der Waals surface area contributed by atoms with Gasteiger partial charge in [0.15, 0.2) is 0 Å². The van der Waals surface area contributed by atoms with Crippen LogP contribution < -0.4 is 0 Å². The monoisotopic (exact) mass is 184 g/mol. The molecular formula is C7H5ClN2S. The second-order valence-corrected chi connectivity index (χ2v) is 2.59. The van der Waals surface area contributed by atoms with Gasteiger partial charge in [0.2, 0.25) is 0 Å². The normalized spacial score (nSPS) is 9.18. The molecule has 0 aromatic carbocycles. The fourth-order valence-electron chi connectivity index (χ4n) is 0.643. The number of thiol groups is 1. The molecule has 0 aliphatic carbocycles. The molecule has 2 nitrogen and oxygen atoms in total. The molecule has 0 saturated carbocycles. The van der Waals surface area contributed by atoms with Gasteiger partial charge in [-0.25, -0.2) is 4.98 Å². The van der Waals surface area contributed by atoms with Gasteiger partial charge in [0.1, 0.15) is 11.2 Å². The quantitative estimate of drug-likeness (QED) is 0.536. The van der Waals surface area contributed by atoms with Gasteiger partial charge >= 0.3 is 0 Å². The van der Waals surface area contributed by atoms with E-state index in [1.165, 1.54) is 0 Å². The van der Waals surface area contributed by atoms with E-state index in [4.69, 9.17) is 16.9 Å². The summed E-state index contributed by atoms with van der Waals surface area (Å²) in [5.74, 6) is 0.533. The second kappa shape index (κ2) is 3.61. The number of rotatable bonds is 1. The van der Waals surface area contributed by atoms with Crippen molar-refractivity contribution in [2.24, 2.45) is 0 Å². The fourth-order valence-corrected chi connectivity index (χ4v) is 1.03. The molecule has 0 radical (unpaired) electrons. The Morgan fingerprint density at radius 2 is 2.36 bits per heavy atom. The highest BCUT2D eigenvalue weighted by molar-refractivity contribution is 7.79. The Bertz CT molecular complexity index is 306. The Balaban J connectivity index is 3.12. The Labute approximate surface area is 75.2 Å². The third-order valence-corrected chi connectivity index (χ3v) is 1.80. The zero-order chi connectivity index (χ0) is 8.27. The summed E-state index contributed by atoms with van der Waals surface area (Å²) in [5, 5.41) is 8.74. The van der Waals surface area contributed by atoms with Crippen LogP contribution in [0, 0.1) is 11.3 Å². The maximum atomic E-state index is 8.49. The first-order valence-corrected chi connectivity index (χ1v) is 3.95. The minimum atomic E-state index is 0.249. The number of halogens is 1. The summed E-state index contributed by atoms with van der Waals surface area (Å²) in [5.41, 5.74) is 1.18. The molecule has 0 aliphatic heterocycles. The lowest BCUT2D eigenvalue weighted by atomic mass is 10.3. The summed E-state index contributed by atoms with van der Waals surface area (Å²) in [6.45, 7) is 0. The van der Waals surface area contributed by atoms with E-state index >= 15 is 0 Å². The molecule has 0 saturated heterocycles. The smallest absolute Gasteiger partial charge is 0.147 e. The second-order valence-electron chi connectivity index (χ2n) is 1.91. The Morgan fingerprint density at radius 3 is 2.82 bits per heavy atom. The van der Waals surface area contributed by atoms with E-state index in [2.05, 4.69) is 17.6 Å². The van der Waals surface area contributed by atoms with Gasteiger partial charge in [-0.3, -0.25) is 0 Å². The van der Waals surface area contributed by atoms with E-state index in [0.717, 1.165) is 5.69 Å². The number of nitrogens with zero attached hydrogens (tertiary/aromatic N) is 2. The zero-order valence-electron chi connectivity index (χ0n) is 5.58. The van der Waals surface area contributed by atoms with E-state index in [0.29, 0.717) is 11.3 Å². The predicted molar refractivity (Wildman–Crippen MR) is 46.7 cm³/mol. The van der Waals surface area contributed by atoms with E-state index in [-0.39, 0.29) is 5.15 Å². The molecular weight excluding hydrogens is 180 g/mol. The van der Waals surface area contributed by atoms with E-state index < -0.39 is 0 Å². The lowest BCUT2D eigenvalue weighted by molar-refractivity contribution is 1.17. The van der Waals surface area contributed by atoms with Crippen LogP contribution in [0.4, 0.5) is 0 Å². The molecule has 1 heterocycles. The molecule has 0 fully saturated rings. The van der Waals surface area contributed by atoms with Gasteiger partial charge in [0.05, 0.1) is 11.3 Å². The maximum absolute atomic E-state index is 8.49. The summed E-state index contributed by atoms with van der Waals surface area (Å²) < 4.78 is 0. The minimum absolute atomic E-state index is 0.249. The van der Waals surface area contributed by atoms with E-state index in [1.54, 1.807) is 12.1 Å². The minimum Gasteiger partial charge on any atom is -0.239 e. The highest BCUT2D eigenvalue weighted by atomic mass is 35.5. The van der Waals surface area contributed by atoms with Gasteiger partial charge in [0.25, 0.3) is 0 Å². The Morgan fingerprint density at radius 1 is 1.64 bits per heavy atom. The van der Waals surface area contributed by atoms with Crippen molar-refractivity contribution in [3.63, 3.8) is 0 Å². The van der Waals surface area contributed by atoms with Crippen molar-refractivity contribution in [2.45, 2.75) is 5.75 Å². The van der Waals surface area contributed by atoms with Crippen LogP contribution in [0.2, 0.25) is 5.15 Å². The molecule has 56 valence electrons. The molecule has 0 amide bonds. The molecule has 1 aromatic rings. The van der Waals surface area contributed by atoms with Crippen LogP contribution in [0.1, 0.15) is 11.3 Å². The maximum Gasteiger partial charge on any atom is 0.147 e. The first kappa shape index (κ1) is 8.38. The van der Waals surface area contributed by atoms with Crippen LogP contribution in [0.5, 0.6) is 0 Å². The summed E-state index contributed by atoms with van der Waals surface area (Å²) in [6.07, 6.45) is 0. The van der Waals surface area contributed by atoms with Crippen LogP contribution in [0.3, 0.4) is 0 Å². The van der Waals surface area contributed by atoms with Crippen LogP contribution in [0.25, 0.3) is 0 Å². The largest absolute Gasteiger partial charge is 0.239 e. The lowest BCUT2D eigenvalue weighted by Crippen LogP contribution is -1.87. The first-order valence-electron chi connectivity index (χ1n) is 2.94. The third-order valence-electron chi connectivity index (χ3n) is 1.19. The molecule has 0 bridgehead atoms. The summed E-state index contributed by atoms with van der Waals surface area (Å²) in [7, 11) is 0. The Kier molecular flexibility index (Phi) is 2.75. The van der Waals surface area contributed by atoms with E-state index in [1.807, 2.05) is 6.07 Å². The Hall–Kier alpha value is -0.720. The van der Waals surface area contributed by atoms with E-state index in [9.17, 15) is 0 Å². The predicted octanol–water partition coefficient (Wildman–Crippen LogP) is 2.04. The van der Waals surface area contributed by atoms with Crippen molar-refractivity contribution in [1.82, 2.24) is 4.98 Å². The zero-order valence-corrected chi connectivity index (χ0v) is 7.23. The van der Waals surface area contributed by atoms with Crippen LogP contribution in [-0.2, 0) is 5.75 Å². The molecule has 0 N–H and O–H groups in total. The number of aromatic nitrogens is 1. The average molecular weight is 185 g/mol. The van der Waals surface area contributed by atoms with Crippen molar-refractivity contribution >= 4 is 24.2 Å². The summed E-state index contributed by atoms with van der Waals surface area (Å²) in [4.78, 5) is 3.93. The van der Waals surface area contributed by atoms with Gasteiger partial charge < -0.3 is 0 Å². The molecule has 0 unspecified atom stereocenters. The van der Waals surface area contributed by atoms with Gasteiger partial charge in [-0.1, -0.05) is 11.6 Å². The highest BCUT2D eigenvalue weighted by Crippen LogP contribution is 2.13. The van der Waals surface area contributed by atoms with Crippen molar-refractivity contribution in [3.8, 4) is 6.07 Å². The first-order chi connectivity index (χ1) is 5.27. The lowest BCUT2D eigenvalue weighted by Gasteiger charge is -1.96. The van der Waals surface area contributed by atoms with Gasteiger partial charge in [0, 0.05) is 5.75 Å². The summed E-state index contributed by atoms with van der Waals surface area (Å²) in [6, 6.07) is 5.30. The SMILES string of the molecule is N#Cc1ccc(CS)nc1Cl. The number of hydrogen-bond donors (Lipinski definition) is 1. The number of hydrogen-bond acceptors (Lipinski definition) is 3. The molecule has 0 atom stereocenters. The molecule has 0 aliphatic rings. The van der Waals surface area contributed by atoms with Crippen molar-refractivity contribution in [1.29, 1.82) is 5.26 Å². The molecule has 11 heavy (non-hydrogen) atoms. The van der Waals surface area contributed by atoms with Gasteiger partial charge in [-0.05, 0) is 12.1 Å².